The van der Waals surface area contributed by atoms with Gasteiger partial charge in [-0.25, -0.2) is 9.67 Å². The zero-order valence-corrected chi connectivity index (χ0v) is 14.8. The molecule has 0 atom stereocenters. The van der Waals surface area contributed by atoms with Crippen LogP contribution in [0.5, 0.6) is 0 Å². The van der Waals surface area contributed by atoms with Gasteiger partial charge in [0.25, 0.3) is 5.56 Å². The molecule has 0 spiro atoms. The third-order valence-corrected chi connectivity index (χ3v) is 4.49. The monoisotopic (exact) mass is 383 g/mol. The lowest BCUT2D eigenvalue weighted by atomic mass is 10.2. The molecule has 0 aliphatic carbocycles. The van der Waals surface area contributed by atoms with Crippen LogP contribution in [-0.4, -0.2) is 25.7 Å². The van der Waals surface area contributed by atoms with Crippen molar-refractivity contribution in [1.29, 1.82) is 0 Å². The van der Waals surface area contributed by atoms with Crippen molar-refractivity contribution in [1.82, 2.24) is 19.4 Å². The maximum atomic E-state index is 12.6. The summed E-state index contributed by atoms with van der Waals surface area (Å²) in [5.41, 5.74) is 1.70. The number of fused-ring (bicyclic) bond motifs is 1. The van der Waals surface area contributed by atoms with Crippen molar-refractivity contribution in [2.24, 2.45) is 5.10 Å². The number of aromatic nitrogens is 4. The highest BCUT2D eigenvalue weighted by molar-refractivity contribution is 6.42. The van der Waals surface area contributed by atoms with E-state index in [-0.39, 0.29) is 5.56 Å². The lowest BCUT2D eigenvalue weighted by Crippen LogP contribution is -2.17. The Labute approximate surface area is 157 Å². The molecule has 0 bridgehead atoms. The van der Waals surface area contributed by atoms with Crippen LogP contribution in [0.2, 0.25) is 10.0 Å². The molecule has 0 radical (unpaired) electrons. The van der Waals surface area contributed by atoms with Gasteiger partial charge in [-0.3, -0.25) is 4.79 Å². The van der Waals surface area contributed by atoms with E-state index in [0.29, 0.717) is 26.6 Å². The summed E-state index contributed by atoms with van der Waals surface area (Å²) in [7, 11) is 0. The van der Waals surface area contributed by atoms with Crippen molar-refractivity contribution in [2.45, 2.75) is 0 Å². The highest BCUT2D eigenvalue weighted by Crippen LogP contribution is 2.21. The first-order valence-corrected chi connectivity index (χ1v) is 8.39. The molecule has 2 aromatic carbocycles. The molecule has 0 amide bonds. The molecule has 4 aromatic rings. The Kier molecular flexibility index (Phi) is 4.28. The van der Waals surface area contributed by atoms with E-state index in [2.05, 4.69) is 15.2 Å². The molecule has 2 heterocycles. The third kappa shape index (κ3) is 3.00. The van der Waals surface area contributed by atoms with Gasteiger partial charge in [0.15, 0.2) is 5.65 Å². The van der Waals surface area contributed by atoms with Crippen LogP contribution in [0.25, 0.3) is 16.7 Å². The minimum Gasteiger partial charge on any atom is -0.266 e. The van der Waals surface area contributed by atoms with E-state index in [0.717, 1.165) is 10.4 Å². The Bertz CT molecular complexity index is 1180. The number of para-hydroxylation sites is 1. The number of benzene rings is 2. The van der Waals surface area contributed by atoms with E-state index in [1.165, 1.54) is 18.7 Å². The summed E-state index contributed by atoms with van der Waals surface area (Å²) in [5.74, 6) is 0. The van der Waals surface area contributed by atoms with Gasteiger partial charge in [-0.1, -0.05) is 47.5 Å². The van der Waals surface area contributed by atoms with Crippen LogP contribution in [0.15, 0.2) is 71.0 Å². The maximum Gasteiger partial charge on any atom is 0.285 e. The van der Waals surface area contributed by atoms with Gasteiger partial charge in [0.2, 0.25) is 0 Å². The fourth-order valence-electron chi connectivity index (χ4n) is 2.46. The number of hydrogen-bond acceptors (Lipinski definition) is 4. The molecule has 0 fully saturated rings. The highest BCUT2D eigenvalue weighted by Gasteiger charge is 2.10. The minimum absolute atomic E-state index is 0.312. The normalized spacial score (nSPS) is 11.5. The number of halogens is 2. The molecule has 8 heteroatoms. The van der Waals surface area contributed by atoms with Crippen LogP contribution in [-0.2, 0) is 0 Å². The fourth-order valence-corrected chi connectivity index (χ4v) is 2.77. The van der Waals surface area contributed by atoms with E-state index in [9.17, 15) is 4.79 Å². The standard InChI is InChI=1S/C18H11Cl2N5O/c19-15-7-6-12(8-16(15)20)9-22-24-11-21-17-14(18(24)26)10-23-25(17)13-4-2-1-3-5-13/h1-11H/b22-9-. The molecular weight excluding hydrogens is 373 g/mol. The largest absolute Gasteiger partial charge is 0.285 e. The topological polar surface area (TPSA) is 65.1 Å². The zero-order chi connectivity index (χ0) is 18.1. The lowest BCUT2D eigenvalue weighted by Gasteiger charge is -2.03. The molecule has 0 saturated carbocycles. The summed E-state index contributed by atoms with van der Waals surface area (Å²) in [6.45, 7) is 0. The van der Waals surface area contributed by atoms with Gasteiger partial charge in [-0.05, 0) is 29.8 Å². The molecule has 0 saturated heterocycles. The summed E-state index contributed by atoms with van der Waals surface area (Å²) in [5, 5.41) is 9.67. The first kappa shape index (κ1) is 16.5. The van der Waals surface area contributed by atoms with Crippen molar-refractivity contribution in [3.63, 3.8) is 0 Å². The van der Waals surface area contributed by atoms with Gasteiger partial charge >= 0.3 is 0 Å². The van der Waals surface area contributed by atoms with Crippen molar-refractivity contribution < 1.29 is 0 Å². The van der Waals surface area contributed by atoms with E-state index >= 15 is 0 Å². The summed E-state index contributed by atoms with van der Waals surface area (Å²) in [6.07, 6.45) is 4.36. The number of rotatable bonds is 3. The molecule has 2 aromatic heterocycles. The molecule has 0 aliphatic heterocycles. The van der Waals surface area contributed by atoms with Gasteiger partial charge in [-0.2, -0.15) is 14.9 Å². The van der Waals surface area contributed by atoms with E-state index in [1.54, 1.807) is 22.9 Å². The number of hydrogen-bond donors (Lipinski definition) is 0. The van der Waals surface area contributed by atoms with Crippen LogP contribution in [0, 0.1) is 0 Å². The molecule has 26 heavy (non-hydrogen) atoms. The van der Waals surface area contributed by atoms with Gasteiger partial charge < -0.3 is 0 Å². The van der Waals surface area contributed by atoms with E-state index < -0.39 is 0 Å². The van der Waals surface area contributed by atoms with Crippen molar-refractivity contribution in [2.75, 3.05) is 0 Å². The van der Waals surface area contributed by atoms with Crippen molar-refractivity contribution in [3.05, 3.63) is 87.0 Å². The summed E-state index contributed by atoms with van der Waals surface area (Å²) in [6, 6.07) is 14.6. The quantitative estimate of drug-likeness (QED) is 0.505. The van der Waals surface area contributed by atoms with Crippen LogP contribution in [0.3, 0.4) is 0 Å². The van der Waals surface area contributed by atoms with Gasteiger partial charge in [0.05, 0.1) is 28.1 Å². The van der Waals surface area contributed by atoms with E-state index in [4.69, 9.17) is 23.2 Å². The van der Waals surface area contributed by atoms with Crippen molar-refractivity contribution in [3.8, 4) is 5.69 Å². The predicted octanol–water partition coefficient (Wildman–Crippen LogP) is 3.77. The van der Waals surface area contributed by atoms with Crippen LogP contribution < -0.4 is 5.56 Å². The Morgan fingerprint density at radius 1 is 1.04 bits per heavy atom. The molecule has 0 N–H and O–H groups in total. The van der Waals surface area contributed by atoms with Crippen LogP contribution in [0.1, 0.15) is 5.56 Å². The second kappa shape index (κ2) is 6.74. The van der Waals surface area contributed by atoms with Crippen LogP contribution >= 0.6 is 23.2 Å². The summed E-state index contributed by atoms with van der Waals surface area (Å²) in [4.78, 5) is 16.9. The second-order valence-electron chi connectivity index (χ2n) is 5.44. The number of nitrogens with zero attached hydrogens (tertiary/aromatic N) is 5. The van der Waals surface area contributed by atoms with Gasteiger partial charge in [0.1, 0.15) is 11.7 Å². The lowest BCUT2D eigenvalue weighted by molar-refractivity contribution is 0.809. The fraction of sp³-hybridized carbons (Fsp3) is 0. The Hall–Kier alpha value is -2.96. The molecule has 6 nitrogen and oxygen atoms in total. The first-order valence-electron chi connectivity index (χ1n) is 7.64. The average molecular weight is 384 g/mol. The smallest absolute Gasteiger partial charge is 0.266 e. The molecule has 4 rings (SSSR count). The Morgan fingerprint density at radius 2 is 1.85 bits per heavy atom. The van der Waals surface area contributed by atoms with Crippen molar-refractivity contribution >= 4 is 40.4 Å². The Morgan fingerprint density at radius 3 is 2.62 bits per heavy atom. The molecule has 0 aliphatic rings. The summed E-state index contributed by atoms with van der Waals surface area (Å²) >= 11 is 11.9. The maximum absolute atomic E-state index is 12.6. The zero-order valence-electron chi connectivity index (χ0n) is 13.3. The Balaban J connectivity index is 1.74. The first-order chi connectivity index (χ1) is 12.6. The third-order valence-electron chi connectivity index (χ3n) is 3.75. The SMILES string of the molecule is O=c1c2cnn(-c3ccccc3)c2ncn1/N=C\c1ccc(Cl)c(Cl)c1. The van der Waals surface area contributed by atoms with E-state index in [1.807, 2.05) is 30.3 Å². The summed E-state index contributed by atoms with van der Waals surface area (Å²) < 4.78 is 2.77. The molecule has 128 valence electrons. The predicted molar refractivity (Wildman–Crippen MR) is 103 cm³/mol. The van der Waals surface area contributed by atoms with Gasteiger partial charge in [0, 0.05) is 0 Å². The minimum atomic E-state index is -0.312. The average Bonchev–Trinajstić information content (AvgIpc) is 3.09. The molecule has 0 unspecified atom stereocenters. The second-order valence-corrected chi connectivity index (χ2v) is 6.26. The highest BCUT2D eigenvalue weighted by atomic mass is 35.5. The van der Waals surface area contributed by atoms with Gasteiger partial charge in [-0.15, -0.1) is 0 Å². The van der Waals surface area contributed by atoms with Crippen LogP contribution in [0.4, 0.5) is 0 Å². The molecular formula is C18H11Cl2N5O.